The third-order valence-corrected chi connectivity index (χ3v) is 1.16. The quantitative estimate of drug-likeness (QED) is 0.483. The number of ketones is 2. The summed E-state index contributed by atoms with van der Waals surface area (Å²) in [5.74, 6) is -1.88. The molecule has 0 rings (SSSR count). The van der Waals surface area contributed by atoms with Gasteiger partial charge in [-0.15, -0.1) is 0 Å². The van der Waals surface area contributed by atoms with Crippen molar-refractivity contribution in [1.82, 2.24) is 0 Å². The van der Waals surface area contributed by atoms with Gasteiger partial charge in [0.15, 0.2) is 0 Å². The molecule has 0 radical (unpaired) electrons. The van der Waals surface area contributed by atoms with Crippen molar-refractivity contribution >= 4 is 17.5 Å². The Bertz CT molecular complexity index is 239. The molecule has 0 aromatic rings. The Morgan fingerprint density at radius 3 is 2.08 bits per heavy atom. The summed E-state index contributed by atoms with van der Waals surface area (Å²) in [5.41, 5.74) is -0.179. The zero-order valence-electron chi connectivity index (χ0n) is 6.79. The van der Waals surface area contributed by atoms with Gasteiger partial charge in [-0.3, -0.25) is 9.59 Å². The van der Waals surface area contributed by atoms with E-state index in [1.807, 2.05) is 0 Å². The minimum absolute atomic E-state index is 0.179. The van der Waals surface area contributed by atoms with Crippen LogP contribution in [0.5, 0.6) is 0 Å². The summed E-state index contributed by atoms with van der Waals surface area (Å²) < 4.78 is 0. The van der Waals surface area contributed by atoms with E-state index in [9.17, 15) is 14.4 Å². The Morgan fingerprint density at radius 1 is 1.25 bits per heavy atom. The summed E-state index contributed by atoms with van der Waals surface area (Å²) in [4.78, 5) is 31.4. The number of carbonyl (C=O) groups is 3. The maximum atomic E-state index is 10.8. The number of hydrogen-bond acceptors (Lipinski definition) is 3. The van der Waals surface area contributed by atoms with Gasteiger partial charge in [0.2, 0.25) is 0 Å². The van der Waals surface area contributed by atoms with E-state index in [0.29, 0.717) is 0 Å². The predicted molar refractivity (Wildman–Crippen MR) is 41.7 cm³/mol. The van der Waals surface area contributed by atoms with Crippen molar-refractivity contribution in [3.63, 3.8) is 0 Å². The van der Waals surface area contributed by atoms with Crippen LogP contribution in [0, 0.1) is 0 Å². The molecule has 0 amide bonds. The molecule has 1 N–H and O–H groups in total. The Morgan fingerprint density at radius 2 is 1.75 bits per heavy atom. The van der Waals surface area contributed by atoms with Crippen molar-refractivity contribution < 1.29 is 19.5 Å². The minimum Gasteiger partial charge on any atom is -0.478 e. The SMILES string of the molecule is C=C(CC(=O)CC(C)=O)C(=O)O. The molecule has 0 aliphatic heterocycles. The van der Waals surface area contributed by atoms with Gasteiger partial charge in [0.05, 0.1) is 6.42 Å². The number of carboxylic acids is 1. The van der Waals surface area contributed by atoms with Crippen molar-refractivity contribution in [1.29, 1.82) is 0 Å². The summed E-state index contributed by atoms with van der Waals surface area (Å²) in [6.45, 7) is 4.45. The molecule has 66 valence electrons. The van der Waals surface area contributed by atoms with Crippen LogP contribution in [0.15, 0.2) is 12.2 Å². The molecular weight excluding hydrogens is 160 g/mol. The standard InChI is InChI=1S/C8H10O4/c1-5(8(11)12)3-7(10)4-6(2)9/h1,3-4H2,2H3,(H,11,12). The van der Waals surface area contributed by atoms with Gasteiger partial charge in [0.25, 0.3) is 0 Å². The Hall–Kier alpha value is -1.45. The van der Waals surface area contributed by atoms with Crippen LogP contribution in [0.4, 0.5) is 0 Å². The van der Waals surface area contributed by atoms with Crippen molar-refractivity contribution in [2.75, 3.05) is 0 Å². The average molecular weight is 170 g/mol. The topological polar surface area (TPSA) is 71.4 Å². The fraction of sp³-hybridized carbons (Fsp3) is 0.375. The van der Waals surface area contributed by atoms with Crippen LogP contribution in [-0.4, -0.2) is 22.6 Å². The molecule has 0 spiro atoms. The van der Waals surface area contributed by atoms with Crippen LogP contribution in [0.25, 0.3) is 0 Å². The summed E-state index contributed by atoms with van der Waals surface area (Å²) in [6, 6.07) is 0. The highest BCUT2D eigenvalue weighted by atomic mass is 16.4. The largest absolute Gasteiger partial charge is 0.478 e. The predicted octanol–water partition coefficient (Wildman–Crippen LogP) is 0.565. The first kappa shape index (κ1) is 10.6. The molecule has 4 heteroatoms. The lowest BCUT2D eigenvalue weighted by Gasteiger charge is -1.96. The molecule has 0 aromatic carbocycles. The average Bonchev–Trinajstić information content (AvgIpc) is 1.84. The molecule has 0 saturated carbocycles. The van der Waals surface area contributed by atoms with E-state index in [2.05, 4.69) is 6.58 Å². The highest BCUT2D eigenvalue weighted by Gasteiger charge is 2.11. The van der Waals surface area contributed by atoms with Crippen LogP contribution in [0.1, 0.15) is 19.8 Å². The van der Waals surface area contributed by atoms with Gasteiger partial charge >= 0.3 is 5.97 Å². The molecule has 0 aliphatic carbocycles. The normalized spacial score (nSPS) is 9.08. The fourth-order valence-corrected chi connectivity index (χ4v) is 0.654. The second-order valence-corrected chi connectivity index (χ2v) is 2.50. The van der Waals surface area contributed by atoms with E-state index in [4.69, 9.17) is 5.11 Å². The highest BCUT2D eigenvalue weighted by Crippen LogP contribution is 2.01. The summed E-state index contributed by atoms with van der Waals surface area (Å²) >= 11 is 0. The van der Waals surface area contributed by atoms with E-state index in [-0.39, 0.29) is 24.2 Å². The van der Waals surface area contributed by atoms with E-state index >= 15 is 0 Å². The van der Waals surface area contributed by atoms with Crippen molar-refractivity contribution in [2.45, 2.75) is 19.8 Å². The zero-order valence-corrected chi connectivity index (χ0v) is 6.79. The molecule has 0 atom stereocenters. The van der Waals surface area contributed by atoms with Crippen LogP contribution in [0.3, 0.4) is 0 Å². The Kier molecular flexibility index (Phi) is 3.90. The summed E-state index contributed by atoms with van der Waals surface area (Å²) in [7, 11) is 0. The molecule has 0 heterocycles. The lowest BCUT2D eigenvalue weighted by atomic mass is 10.1. The Balaban J connectivity index is 3.94. The molecule has 4 nitrogen and oxygen atoms in total. The molecular formula is C8H10O4. The van der Waals surface area contributed by atoms with Gasteiger partial charge < -0.3 is 5.11 Å². The summed E-state index contributed by atoms with van der Waals surface area (Å²) in [6.07, 6.45) is -0.471. The van der Waals surface area contributed by atoms with Gasteiger partial charge in [-0.05, 0) is 6.92 Å². The Labute approximate surface area is 69.9 Å². The van der Waals surface area contributed by atoms with E-state index < -0.39 is 11.8 Å². The van der Waals surface area contributed by atoms with Crippen molar-refractivity contribution in [3.05, 3.63) is 12.2 Å². The molecule has 0 saturated heterocycles. The first-order valence-corrected chi connectivity index (χ1v) is 3.35. The van der Waals surface area contributed by atoms with E-state index in [0.717, 1.165) is 0 Å². The second-order valence-electron chi connectivity index (χ2n) is 2.50. The van der Waals surface area contributed by atoms with E-state index in [1.54, 1.807) is 0 Å². The number of rotatable bonds is 5. The molecule has 0 bridgehead atoms. The van der Waals surface area contributed by atoms with Gasteiger partial charge in [0.1, 0.15) is 11.6 Å². The smallest absolute Gasteiger partial charge is 0.331 e. The molecule has 0 aliphatic rings. The molecule has 12 heavy (non-hydrogen) atoms. The van der Waals surface area contributed by atoms with Gasteiger partial charge in [-0.25, -0.2) is 4.79 Å². The van der Waals surface area contributed by atoms with Gasteiger partial charge in [-0.1, -0.05) is 6.58 Å². The van der Waals surface area contributed by atoms with Crippen LogP contribution >= 0.6 is 0 Å². The van der Waals surface area contributed by atoms with Crippen LogP contribution in [-0.2, 0) is 14.4 Å². The number of carbonyl (C=O) groups excluding carboxylic acids is 2. The second kappa shape index (κ2) is 4.43. The van der Waals surface area contributed by atoms with Crippen LogP contribution in [0.2, 0.25) is 0 Å². The lowest BCUT2D eigenvalue weighted by molar-refractivity contribution is -0.134. The maximum Gasteiger partial charge on any atom is 0.331 e. The number of carboxylic acid groups (broad SMARTS) is 1. The lowest BCUT2D eigenvalue weighted by Crippen LogP contribution is -2.09. The minimum atomic E-state index is -1.20. The highest BCUT2D eigenvalue weighted by molar-refractivity contribution is 6.02. The van der Waals surface area contributed by atoms with Gasteiger partial charge in [-0.2, -0.15) is 0 Å². The molecule has 0 aromatic heterocycles. The van der Waals surface area contributed by atoms with Gasteiger partial charge in [0, 0.05) is 12.0 Å². The van der Waals surface area contributed by atoms with Crippen molar-refractivity contribution in [2.24, 2.45) is 0 Å². The summed E-state index contributed by atoms with van der Waals surface area (Å²) in [5, 5.41) is 8.33. The number of aliphatic carboxylic acids is 1. The third kappa shape index (κ3) is 4.38. The first-order chi connectivity index (χ1) is 5.43. The molecule has 0 unspecified atom stereocenters. The fourth-order valence-electron chi connectivity index (χ4n) is 0.654. The third-order valence-electron chi connectivity index (χ3n) is 1.16. The monoisotopic (exact) mass is 170 g/mol. The zero-order chi connectivity index (χ0) is 9.72. The maximum absolute atomic E-state index is 10.8. The number of Topliss-reactive ketones (excluding diaryl/α,β-unsaturated/α-hetero) is 2. The van der Waals surface area contributed by atoms with Crippen molar-refractivity contribution in [3.8, 4) is 0 Å². The van der Waals surface area contributed by atoms with E-state index in [1.165, 1.54) is 6.92 Å². The molecule has 0 fully saturated rings. The number of hydrogen-bond donors (Lipinski definition) is 1. The van der Waals surface area contributed by atoms with Crippen LogP contribution < -0.4 is 0 Å². The first-order valence-electron chi connectivity index (χ1n) is 3.35.